The summed E-state index contributed by atoms with van der Waals surface area (Å²) in [6.45, 7) is 0. The topological polar surface area (TPSA) is 107 Å². The molecule has 1 amide bonds. The zero-order valence-electron chi connectivity index (χ0n) is 16.7. The Morgan fingerprint density at radius 1 is 1.15 bits per heavy atom. The van der Waals surface area contributed by atoms with Crippen LogP contribution in [-0.4, -0.2) is 26.1 Å². The van der Waals surface area contributed by atoms with Crippen molar-refractivity contribution in [3.05, 3.63) is 98.0 Å². The van der Waals surface area contributed by atoms with E-state index in [2.05, 4.69) is 10.3 Å². The van der Waals surface area contributed by atoms with Gasteiger partial charge >= 0.3 is 0 Å². The van der Waals surface area contributed by atoms with E-state index in [1.165, 1.54) is 4.57 Å². The molecule has 0 unspecified atom stereocenters. The van der Waals surface area contributed by atoms with Gasteiger partial charge in [0.05, 0.1) is 33.0 Å². The molecule has 1 N–H and O–H groups in total. The summed E-state index contributed by atoms with van der Waals surface area (Å²) in [4.78, 5) is 40.4. The van der Waals surface area contributed by atoms with Gasteiger partial charge in [-0.2, -0.15) is 0 Å². The number of nitro groups is 1. The van der Waals surface area contributed by atoms with Gasteiger partial charge in [-0.25, -0.2) is 9.37 Å². The molecule has 1 aromatic heterocycles. The maximum absolute atomic E-state index is 14.0. The van der Waals surface area contributed by atoms with E-state index in [4.69, 9.17) is 11.6 Å². The molecule has 0 spiro atoms. The number of aromatic nitrogens is 2. The van der Waals surface area contributed by atoms with Gasteiger partial charge in [-0.1, -0.05) is 41.6 Å². The molecule has 0 fully saturated rings. The number of carbonyl (C=O) groups excluding carboxylic acids is 1. The summed E-state index contributed by atoms with van der Waals surface area (Å²) in [7, 11) is 0. The maximum atomic E-state index is 14.0. The van der Waals surface area contributed by atoms with Crippen molar-refractivity contribution in [3.63, 3.8) is 0 Å². The second-order valence-electron chi connectivity index (χ2n) is 6.79. The zero-order valence-corrected chi connectivity index (χ0v) is 18.3. The molecule has 0 aliphatic heterocycles. The smallest absolute Gasteiger partial charge is 0.271 e. The summed E-state index contributed by atoms with van der Waals surface area (Å²) >= 11 is 7.06. The lowest BCUT2D eigenvalue weighted by Gasteiger charge is -2.13. The van der Waals surface area contributed by atoms with Crippen LogP contribution in [0.3, 0.4) is 0 Å². The Morgan fingerprint density at radius 3 is 2.70 bits per heavy atom. The number of nitro benzene ring substituents is 1. The monoisotopic (exact) mass is 484 g/mol. The second kappa shape index (κ2) is 9.39. The number of amides is 1. The summed E-state index contributed by atoms with van der Waals surface area (Å²) in [5.41, 5.74) is -0.0823. The van der Waals surface area contributed by atoms with Crippen LogP contribution in [0.2, 0.25) is 5.02 Å². The highest BCUT2D eigenvalue weighted by atomic mass is 35.5. The molecule has 0 aliphatic rings. The molecule has 4 aromatic rings. The van der Waals surface area contributed by atoms with Gasteiger partial charge in [0, 0.05) is 17.2 Å². The maximum Gasteiger partial charge on any atom is 0.271 e. The van der Waals surface area contributed by atoms with Gasteiger partial charge in [0.1, 0.15) is 5.82 Å². The number of rotatable bonds is 6. The number of halogens is 2. The first kappa shape index (κ1) is 22.4. The number of hydrogen-bond acceptors (Lipinski definition) is 6. The lowest BCUT2D eigenvalue weighted by molar-refractivity contribution is -0.384. The second-order valence-corrected chi connectivity index (χ2v) is 8.17. The quantitative estimate of drug-likeness (QED) is 0.182. The average molecular weight is 485 g/mol. The molecule has 166 valence electrons. The molecule has 0 aliphatic carbocycles. The van der Waals surface area contributed by atoms with Crippen LogP contribution in [0.4, 0.5) is 15.8 Å². The van der Waals surface area contributed by atoms with Crippen molar-refractivity contribution in [1.82, 2.24) is 9.55 Å². The number of anilines is 1. The Balaban J connectivity index is 1.65. The third-order valence-corrected chi connectivity index (χ3v) is 5.75. The Morgan fingerprint density at radius 2 is 1.94 bits per heavy atom. The molecule has 4 rings (SSSR count). The Labute approximate surface area is 195 Å². The van der Waals surface area contributed by atoms with Crippen molar-refractivity contribution < 1.29 is 14.1 Å². The van der Waals surface area contributed by atoms with Crippen molar-refractivity contribution >= 4 is 51.5 Å². The van der Waals surface area contributed by atoms with Crippen molar-refractivity contribution in [2.45, 2.75) is 5.16 Å². The highest BCUT2D eigenvalue weighted by molar-refractivity contribution is 7.99. The fourth-order valence-electron chi connectivity index (χ4n) is 3.09. The number of benzene rings is 3. The van der Waals surface area contributed by atoms with E-state index in [0.29, 0.717) is 21.6 Å². The third-order valence-electron chi connectivity index (χ3n) is 4.58. The Kier molecular flexibility index (Phi) is 6.38. The SMILES string of the molecule is O=C(CSc1nc2ccccc2c(=O)n1-c1cccc(Cl)c1)Nc1cc([N+](=O)[O-])ccc1F. The molecule has 1 heterocycles. The fraction of sp³-hybridized carbons (Fsp3) is 0.0455. The lowest BCUT2D eigenvalue weighted by atomic mass is 10.2. The van der Waals surface area contributed by atoms with Crippen molar-refractivity contribution in [3.8, 4) is 5.69 Å². The fourth-order valence-corrected chi connectivity index (χ4v) is 4.09. The van der Waals surface area contributed by atoms with Crippen molar-refractivity contribution in [1.29, 1.82) is 0 Å². The van der Waals surface area contributed by atoms with E-state index < -0.39 is 16.6 Å². The zero-order chi connectivity index (χ0) is 23.5. The number of nitrogens with zero attached hydrogens (tertiary/aromatic N) is 3. The minimum atomic E-state index is -0.807. The molecule has 0 saturated carbocycles. The minimum Gasteiger partial charge on any atom is -0.323 e. The van der Waals surface area contributed by atoms with Crippen LogP contribution < -0.4 is 10.9 Å². The van der Waals surface area contributed by atoms with Crippen LogP contribution in [0.5, 0.6) is 0 Å². The third kappa shape index (κ3) is 4.86. The largest absolute Gasteiger partial charge is 0.323 e. The van der Waals surface area contributed by atoms with Crippen LogP contribution in [0.1, 0.15) is 0 Å². The number of para-hydroxylation sites is 1. The summed E-state index contributed by atoms with van der Waals surface area (Å²) in [5.74, 6) is -1.66. The number of carbonyl (C=O) groups is 1. The van der Waals surface area contributed by atoms with Gasteiger partial charge in [0.2, 0.25) is 5.91 Å². The predicted molar refractivity (Wildman–Crippen MR) is 125 cm³/mol. The number of nitrogens with one attached hydrogen (secondary N) is 1. The van der Waals surface area contributed by atoms with Gasteiger partial charge < -0.3 is 5.32 Å². The molecule has 8 nitrogen and oxygen atoms in total. The standard InChI is InChI=1S/C22H14ClFN4O4S/c23-13-4-3-5-14(10-13)27-21(30)16-6-1-2-7-18(16)26-22(27)33-12-20(29)25-19-11-15(28(31)32)8-9-17(19)24/h1-11H,12H2,(H,25,29). The Hall–Kier alpha value is -3.76. The number of non-ortho nitro benzene ring substituents is 1. The molecule has 3 aromatic carbocycles. The molecule has 0 saturated heterocycles. The van der Waals surface area contributed by atoms with E-state index >= 15 is 0 Å². The summed E-state index contributed by atoms with van der Waals surface area (Å²) in [6.07, 6.45) is 0. The van der Waals surface area contributed by atoms with E-state index in [0.717, 1.165) is 30.0 Å². The van der Waals surface area contributed by atoms with E-state index in [9.17, 15) is 24.1 Å². The summed E-state index contributed by atoms with van der Waals surface area (Å²) in [5, 5.41) is 14.3. The molecule has 33 heavy (non-hydrogen) atoms. The molecule has 0 bridgehead atoms. The molecule has 11 heteroatoms. The van der Waals surface area contributed by atoms with Gasteiger partial charge in [-0.05, 0) is 36.4 Å². The van der Waals surface area contributed by atoms with Gasteiger partial charge in [-0.15, -0.1) is 0 Å². The van der Waals surface area contributed by atoms with E-state index in [-0.39, 0.29) is 27.8 Å². The Bertz CT molecular complexity index is 1460. The first-order chi connectivity index (χ1) is 15.8. The first-order valence-corrected chi connectivity index (χ1v) is 10.8. The van der Waals surface area contributed by atoms with Gasteiger partial charge in [-0.3, -0.25) is 24.3 Å². The normalized spacial score (nSPS) is 10.8. The van der Waals surface area contributed by atoms with Crippen molar-refractivity contribution in [2.24, 2.45) is 0 Å². The first-order valence-electron chi connectivity index (χ1n) is 9.48. The summed E-state index contributed by atoms with van der Waals surface area (Å²) in [6, 6.07) is 16.3. The predicted octanol–water partition coefficient (Wildman–Crippen LogP) is 4.82. The van der Waals surface area contributed by atoms with Crippen LogP contribution in [0.25, 0.3) is 16.6 Å². The average Bonchev–Trinajstić information content (AvgIpc) is 2.79. The van der Waals surface area contributed by atoms with E-state index in [1.807, 2.05) is 0 Å². The van der Waals surface area contributed by atoms with Crippen LogP contribution in [-0.2, 0) is 4.79 Å². The van der Waals surface area contributed by atoms with Gasteiger partial charge in [0.25, 0.3) is 11.2 Å². The van der Waals surface area contributed by atoms with Crippen LogP contribution >= 0.6 is 23.4 Å². The number of thioether (sulfide) groups is 1. The minimum absolute atomic E-state index is 0.229. The van der Waals surface area contributed by atoms with Crippen molar-refractivity contribution in [2.75, 3.05) is 11.1 Å². The highest BCUT2D eigenvalue weighted by Crippen LogP contribution is 2.25. The molecular weight excluding hydrogens is 471 g/mol. The molecule has 0 radical (unpaired) electrons. The van der Waals surface area contributed by atoms with Crippen LogP contribution in [0.15, 0.2) is 76.7 Å². The highest BCUT2D eigenvalue weighted by Gasteiger charge is 2.17. The number of hydrogen-bond donors (Lipinski definition) is 1. The van der Waals surface area contributed by atoms with Crippen LogP contribution in [0, 0.1) is 15.9 Å². The summed E-state index contributed by atoms with van der Waals surface area (Å²) < 4.78 is 15.3. The molecule has 0 atom stereocenters. The number of fused-ring (bicyclic) bond motifs is 1. The molecular formula is C22H14ClFN4O4S. The van der Waals surface area contributed by atoms with E-state index in [1.54, 1.807) is 48.5 Å². The van der Waals surface area contributed by atoms with Gasteiger partial charge in [0.15, 0.2) is 5.16 Å². The lowest BCUT2D eigenvalue weighted by Crippen LogP contribution is -2.23.